The number of anilines is 1. The van der Waals surface area contributed by atoms with Crippen LogP contribution >= 0.6 is 23.6 Å². The van der Waals surface area contributed by atoms with Crippen LogP contribution in [0.2, 0.25) is 0 Å². The number of hydrogen-bond acceptors (Lipinski definition) is 4. The third-order valence-corrected chi connectivity index (χ3v) is 2.95. The SMILES string of the molecule is CCOC(=S)Nc1nc2ccccc2s1. The Bertz CT molecular complexity index is 448. The molecule has 0 aliphatic rings. The van der Waals surface area contributed by atoms with Crippen LogP contribution < -0.4 is 5.32 Å². The number of nitrogens with one attached hydrogen (secondary N) is 1. The number of thiazole rings is 1. The highest BCUT2D eigenvalue weighted by atomic mass is 32.1. The summed E-state index contributed by atoms with van der Waals surface area (Å²) in [6.07, 6.45) is 0. The van der Waals surface area contributed by atoms with Crippen LogP contribution in [0.5, 0.6) is 0 Å². The molecule has 0 saturated carbocycles. The zero-order valence-electron chi connectivity index (χ0n) is 8.19. The number of para-hydroxylation sites is 1. The Morgan fingerprint density at radius 1 is 1.53 bits per heavy atom. The lowest BCUT2D eigenvalue weighted by molar-refractivity contribution is 0.335. The normalized spacial score (nSPS) is 10.2. The van der Waals surface area contributed by atoms with Crippen LogP contribution in [0.4, 0.5) is 5.13 Å². The molecule has 1 aromatic heterocycles. The lowest BCUT2D eigenvalue weighted by Gasteiger charge is -2.03. The predicted octanol–water partition coefficient (Wildman–Crippen LogP) is 3.03. The number of hydrogen-bond donors (Lipinski definition) is 1. The van der Waals surface area contributed by atoms with Gasteiger partial charge in [-0.1, -0.05) is 23.5 Å². The minimum atomic E-state index is 0.372. The molecule has 78 valence electrons. The van der Waals surface area contributed by atoms with Crippen LogP contribution in [0.15, 0.2) is 24.3 Å². The standard InChI is InChI=1S/C10H10N2OS2/c1-2-13-10(14)12-9-11-7-5-3-4-6-8(7)15-9/h3-6H,2H2,1H3,(H,11,12,14). The number of thiocarbonyl (C=S) groups is 1. The van der Waals surface area contributed by atoms with Gasteiger partial charge < -0.3 is 4.74 Å². The average Bonchev–Trinajstić information content (AvgIpc) is 2.59. The number of fused-ring (bicyclic) bond motifs is 1. The molecular formula is C10H10N2OS2. The summed E-state index contributed by atoms with van der Waals surface area (Å²) in [6.45, 7) is 2.46. The molecule has 1 aromatic carbocycles. The molecule has 5 heteroatoms. The Labute approximate surface area is 97.1 Å². The van der Waals surface area contributed by atoms with Gasteiger partial charge in [0.15, 0.2) is 5.13 Å². The molecule has 2 rings (SSSR count). The van der Waals surface area contributed by atoms with E-state index in [-0.39, 0.29) is 0 Å². The van der Waals surface area contributed by atoms with Crippen molar-refractivity contribution >= 4 is 44.1 Å². The Kier molecular flexibility index (Phi) is 3.13. The second-order valence-corrected chi connectivity index (χ2v) is 4.23. The van der Waals surface area contributed by atoms with Crippen molar-refractivity contribution in [3.63, 3.8) is 0 Å². The van der Waals surface area contributed by atoms with Crippen molar-refractivity contribution in [1.82, 2.24) is 4.98 Å². The molecule has 1 heterocycles. The van der Waals surface area contributed by atoms with Gasteiger partial charge >= 0.3 is 0 Å². The third-order valence-electron chi connectivity index (χ3n) is 1.78. The molecule has 0 radical (unpaired) electrons. The minimum Gasteiger partial charge on any atom is -0.471 e. The maximum Gasteiger partial charge on any atom is 0.262 e. The molecule has 0 saturated heterocycles. The average molecular weight is 238 g/mol. The first-order valence-corrected chi connectivity index (χ1v) is 5.81. The first kappa shape index (κ1) is 10.3. The first-order valence-electron chi connectivity index (χ1n) is 4.59. The monoisotopic (exact) mass is 238 g/mol. The number of benzene rings is 1. The molecule has 0 spiro atoms. The highest BCUT2D eigenvalue weighted by Gasteiger charge is 2.04. The maximum absolute atomic E-state index is 5.13. The van der Waals surface area contributed by atoms with Crippen LogP contribution in [0, 0.1) is 0 Å². The van der Waals surface area contributed by atoms with Crippen molar-refractivity contribution < 1.29 is 4.74 Å². The van der Waals surface area contributed by atoms with Crippen molar-refractivity contribution in [1.29, 1.82) is 0 Å². The van der Waals surface area contributed by atoms with Crippen LogP contribution in [-0.2, 0) is 4.74 Å². The topological polar surface area (TPSA) is 34.1 Å². The van der Waals surface area contributed by atoms with E-state index in [2.05, 4.69) is 10.3 Å². The van der Waals surface area contributed by atoms with E-state index in [0.717, 1.165) is 15.3 Å². The Hall–Kier alpha value is -1.20. The van der Waals surface area contributed by atoms with E-state index in [1.54, 1.807) is 11.3 Å². The van der Waals surface area contributed by atoms with E-state index in [1.807, 2.05) is 31.2 Å². The first-order chi connectivity index (χ1) is 7.29. The molecule has 3 nitrogen and oxygen atoms in total. The zero-order chi connectivity index (χ0) is 10.7. The smallest absolute Gasteiger partial charge is 0.262 e. The Balaban J connectivity index is 2.18. The summed E-state index contributed by atoms with van der Waals surface area (Å²) in [7, 11) is 0. The summed E-state index contributed by atoms with van der Waals surface area (Å²) < 4.78 is 6.27. The molecule has 0 aliphatic carbocycles. The molecule has 0 bridgehead atoms. The number of nitrogens with zero attached hydrogens (tertiary/aromatic N) is 1. The minimum absolute atomic E-state index is 0.372. The van der Waals surface area contributed by atoms with E-state index in [9.17, 15) is 0 Å². The summed E-state index contributed by atoms with van der Waals surface area (Å²) in [4.78, 5) is 4.37. The molecule has 0 atom stereocenters. The molecule has 2 aromatic rings. The van der Waals surface area contributed by atoms with Gasteiger partial charge in [0.1, 0.15) is 0 Å². The number of rotatable bonds is 2. The summed E-state index contributed by atoms with van der Waals surface area (Å²) >= 11 is 6.53. The quantitative estimate of drug-likeness (QED) is 0.815. The van der Waals surface area contributed by atoms with Gasteiger partial charge in [-0.15, -0.1) is 0 Å². The summed E-state index contributed by atoms with van der Waals surface area (Å²) in [5.41, 5.74) is 0.976. The van der Waals surface area contributed by atoms with E-state index in [0.29, 0.717) is 11.8 Å². The highest BCUT2D eigenvalue weighted by molar-refractivity contribution is 7.80. The molecule has 15 heavy (non-hydrogen) atoms. The summed E-state index contributed by atoms with van der Waals surface area (Å²) in [5.74, 6) is 0. The molecule has 0 fully saturated rings. The summed E-state index contributed by atoms with van der Waals surface area (Å²) in [5, 5.41) is 4.09. The van der Waals surface area contributed by atoms with Gasteiger partial charge in [-0.05, 0) is 31.3 Å². The van der Waals surface area contributed by atoms with Crippen LogP contribution in [0.25, 0.3) is 10.2 Å². The van der Waals surface area contributed by atoms with Gasteiger partial charge in [0, 0.05) is 0 Å². The number of aromatic nitrogens is 1. The second-order valence-electron chi connectivity index (χ2n) is 2.83. The Morgan fingerprint density at radius 2 is 2.33 bits per heavy atom. The molecular weight excluding hydrogens is 228 g/mol. The second kappa shape index (κ2) is 4.55. The van der Waals surface area contributed by atoms with Gasteiger partial charge in [-0.3, -0.25) is 5.32 Å². The summed E-state index contributed by atoms with van der Waals surface area (Å²) in [6, 6.07) is 7.96. The van der Waals surface area contributed by atoms with Gasteiger partial charge in [0.05, 0.1) is 16.8 Å². The molecule has 0 unspecified atom stereocenters. The molecule has 0 aliphatic heterocycles. The largest absolute Gasteiger partial charge is 0.471 e. The lowest BCUT2D eigenvalue weighted by atomic mass is 10.3. The van der Waals surface area contributed by atoms with E-state index in [1.165, 1.54) is 0 Å². The molecule has 1 N–H and O–H groups in total. The van der Waals surface area contributed by atoms with Crippen molar-refractivity contribution in [3.05, 3.63) is 24.3 Å². The number of ether oxygens (including phenoxy) is 1. The van der Waals surface area contributed by atoms with Crippen LogP contribution in [0.1, 0.15) is 6.92 Å². The van der Waals surface area contributed by atoms with E-state index >= 15 is 0 Å². The maximum atomic E-state index is 5.13. The molecule has 0 amide bonds. The van der Waals surface area contributed by atoms with Gasteiger partial charge in [-0.25, -0.2) is 4.98 Å². The fraction of sp³-hybridized carbons (Fsp3) is 0.200. The predicted molar refractivity (Wildman–Crippen MR) is 67.5 cm³/mol. The van der Waals surface area contributed by atoms with Crippen molar-refractivity contribution in [3.8, 4) is 0 Å². The fourth-order valence-corrected chi connectivity index (χ4v) is 2.32. The Morgan fingerprint density at radius 3 is 3.07 bits per heavy atom. The fourth-order valence-electron chi connectivity index (χ4n) is 1.18. The van der Waals surface area contributed by atoms with Crippen molar-refractivity contribution in [2.75, 3.05) is 11.9 Å². The van der Waals surface area contributed by atoms with Crippen LogP contribution in [-0.4, -0.2) is 16.8 Å². The van der Waals surface area contributed by atoms with Gasteiger partial charge in [0.25, 0.3) is 5.17 Å². The van der Waals surface area contributed by atoms with Gasteiger partial charge in [0.2, 0.25) is 0 Å². The van der Waals surface area contributed by atoms with Gasteiger partial charge in [-0.2, -0.15) is 0 Å². The lowest BCUT2D eigenvalue weighted by Crippen LogP contribution is -2.12. The van der Waals surface area contributed by atoms with Crippen LogP contribution in [0.3, 0.4) is 0 Å². The van der Waals surface area contributed by atoms with E-state index in [4.69, 9.17) is 17.0 Å². The van der Waals surface area contributed by atoms with Crippen molar-refractivity contribution in [2.24, 2.45) is 0 Å². The zero-order valence-corrected chi connectivity index (χ0v) is 9.82. The highest BCUT2D eigenvalue weighted by Crippen LogP contribution is 2.25. The third kappa shape index (κ3) is 2.43. The van der Waals surface area contributed by atoms with E-state index < -0.39 is 0 Å². The van der Waals surface area contributed by atoms with Crippen molar-refractivity contribution in [2.45, 2.75) is 6.92 Å².